The van der Waals surface area contributed by atoms with Crippen LogP contribution < -0.4 is 10.6 Å². The van der Waals surface area contributed by atoms with Crippen molar-refractivity contribution in [3.8, 4) is 0 Å². The minimum atomic E-state index is -0.389. The molecule has 0 saturated heterocycles. The van der Waals surface area contributed by atoms with Crippen LogP contribution in [0.1, 0.15) is 17.3 Å². The summed E-state index contributed by atoms with van der Waals surface area (Å²) in [5, 5.41) is 6.01. The van der Waals surface area contributed by atoms with E-state index in [1.807, 2.05) is 6.92 Å². The Balaban J connectivity index is 2.18. The summed E-state index contributed by atoms with van der Waals surface area (Å²) in [4.78, 5) is 16.2. The highest BCUT2D eigenvalue weighted by Gasteiger charge is 2.11. The molecule has 1 aromatic heterocycles. The summed E-state index contributed by atoms with van der Waals surface area (Å²) in [6, 6.07) is 5.54. The number of pyridine rings is 1. The molecule has 1 aromatic carbocycles. The van der Waals surface area contributed by atoms with Crippen LogP contribution in [0, 0.1) is 5.82 Å². The molecule has 2 N–H and O–H groups in total. The predicted octanol–water partition coefficient (Wildman–Crippen LogP) is 4.32. The lowest BCUT2D eigenvalue weighted by molar-refractivity contribution is 0.102. The summed E-state index contributed by atoms with van der Waals surface area (Å²) in [5.41, 5.74) is 0.783. The van der Waals surface area contributed by atoms with Crippen LogP contribution in [0.25, 0.3) is 0 Å². The monoisotopic (exact) mass is 371 g/mol. The van der Waals surface area contributed by atoms with Crippen LogP contribution in [0.5, 0.6) is 0 Å². The van der Waals surface area contributed by atoms with Crippen molar-refractivity contribution in [1.29, 1.82) is 0 Å². The summed E-state index contributed by atoms with van der Waals surface area (Å²) in [6.07, 6.45) is 1.43. The summed E-state index contributed by atoms with van der Waals surface area (Å²) in [5.74, 6) is -0.238. The maximum absolute atomic E-state index is 13.0. The Labute approximate surface area is 134 Å². The first kappa shape index (κ1) is 15.7. The second-order valence-corrected chi connectivity index (χ2v) is 5.42. The molecule has 0 spiro atoms. The lowest BCUT2D eigenvalue weighted by atomic mass is 10.2. The Bertz CT molecular complexity index is 681. The van der Waals surface area contributed by atoms with Crippen LogP contribution in [0.15, 0.2) is 34.9 Å². The van der Waals surface area contributed by atoms with E-state index in [1.165, 1.54) is 30.5 Å². The molecule has 0 fully saturated rings. The second kappa shape index (κ2) is 6.87. The van der Waals surface area contributed by atoms with E-state index in [0.717, 1.165) is 0 Å². The van der Waals surface area contributed by atoms with Crippen molar-refractivity contribution in [1.82, 2.24) is 4.98 Å². The Morgan fingerprint density at radius 1 is 1.43 bits per heavy atom. The number of nitrogens with one attached hydrogen (secondary N) is 2. The maximum atomic E-state index is 13.0. The third-order valence-corrected chi connectivity index (χ3v) is 3.57. The van der Waals surface area contributed by atoms with Crippen molar-refractivity contribution in [2.45, 2.75) is 6.92 Å². The Kier molecular flexibility index (Phi) is 5.14. The van der Waals surface area contributed by atoms with Gasteiger partial charge in [0.15, 0.2) is 0 Å². The largest absolute Gasteiger partial charge is 0.369 e. The highest BCUT2D eigenvalue weighted by molar-refractivity contribution is 9.10. The van der Waals surface area contributed by atoms with Crippen molar-refractivity contribution in [2.24, 2.45) is 0 Å². The van der Waals surface area contributed by atoms with Crippen LogP contribution in [0.3, 0.4) is 0 Å². The number of hydrogen-bond acceptors (Lipinski definition) is 3. The van der Waals surface area contributed by atoms with Gasteiger partial charge in [0.2, 0.25) is 0 Å². The van der Waals surface area contributed by atoms with Crippen molar-refractivity contribution in [2.75, 3.05) is 17.2 Å². The Morgan fingerprint density at radius 2 is 2.19 bits per heavy atom. The number of benzene rings is 1. The molecule has 0 aliphatic carbocycles. The van der Waals surface area contributed by atoms with Gasteiger partial charge in [0, 0.05) is 17.2 Å². The van der Waals surface area contributed by atoms with Gasteiger partial charge >= 0.3 is 0 Å². The molecule has 2 aromatic rings. The van der Waals surface area contributed by atoms with E-state index in [0.29, 0.717) is 33.1 Å². The van der Waals surface area contributed by atoms with E-state index in [2.05, 4.69) is 31.5 Å². The minimum absolute atomic E-state index is 0.317. The Morgan fingerprint density at radius 3 is 2.81 bits per heavy atom. The number of rotatable bonds is 4. The van der Waals surface area contributed by atoms with Gasteiger partial charge < -0.3 is 10.6 Å². The molecule has 0 radical (unpaired) electrons. The smallest absolute Gasteiger partial charge is 0.257 e. The molecule has 0 aliphatic heterocycles. The molecule has 21 heavy (non-hydrogen) atoms. The zero-order valence-electron chi connectivity index (χ0n) is 11.1. The lowest BCUT2D eigenvalue weighted by Gasteiger charge is -2.09. The van der Waals surface area contributed by atoms with E-state index < -0.39 is 0 Å². The SMILES string of the molecule is CCNc1ncc(C(=O)Nc2ccc(F)cc2Br)cc1Cl. The van der Waals surface area contributed by atoms with Crippen molar-refractivity contribution in [3.63, 3.8) is 0 Å². The molecule has 7 heteroatoms. The molecule has 0 atom stereocenters. The molecular formula is C14H12BrClFN3O. The van der Waals surface area contributed by atoms with E-state index >= 15 is 0 Å². The molecule has 4 nitrogen and oxygen atoms in total. The molecule has 0 unspecified atom stereocenters. The quantitative estimate of drug-likeness (QED) is 0.840. The highest BCUT2D eigenvalue weighted by atomic mass is 79.9. The molecule has 0 saturated carbocycles. The highest BCUT2D eigenvalue weighted by Crippen LogP contribution is 2.25. The van der Waals surface area contributed by atoms with Crippen LogP contribution in [-0.2, 0) is 0 Å². The molecule has 1 amide bonds. The number of hydrogen-bond donors (Lipinski definition) is 2. The second-order valence-electron chi connectivity index (χ2n) is 4.16. The van der Waals surface area contributed by atoms with E-state index in [-0.39, 0.29) is 11.7 Å². The first-order valence-electron chi connectivity index (χ1n) is 6.17. The van der Waals surface area contributed by atoms with E-state index in [4.69, 9.17) is 11.6 Å². The lowest BCUT2D eigenvalue weighted by Crippen LogP contribution is -2.13. The molecule has 110 valence electrons. The summed E-state index contributed by atoms with van der Waals surface area (Å²) < 4.78 is 13.5. The van der Waals surface area contributed by atoms with Crippen LogP contribution in [0.4, 0.5) is 15.9 Å². The fourth-order valence-electron chi connectivity index (χ4n) is 1.64. The third kappa shape index (κ3) is 3.92. The number of nitrogens with zero attached hydrogens (tertiary/aromatic N) is 1. The number of carbonyl (C=O) groups is 1. The molecular weight excluding hydrogens is 361 g/mol. The van der Waals surface area contributed by atoms with Gasteiger partial charge in [-0.1, -0.05) is 11.6 Å². The topological polar surface area (TPSA) is 54.0 Å². The summed E-state index contributed by atoms with van der Waals surface area (Å²) in [7, 11) is 0. The number of amides is 1. The van der Waals surface area contributed by atoms with Gasteiger partial charge in [0.1, 0.15) is 11.6 Å². The molecule has 2 rings (SSSR count). The van der Waals surface area contributed by atoms with Gasteiger partial charge in [0.05, 0.1) is 16.3 Å². The fraction of sp³-hybridized carbons (Fsp3) is 0.143. The number of halogens is 3. The van der Waals surface area contributed by atoms with Crippen LogP contribution in [-0.4, -0.2) is 17.4 Å². The zero-order valence-corrected chi connectivity index (χ0v) is 13.4. The van der Waals surface area contributed by atoms with Gasteiger partial charge in [-0.3, -0.25) is 4.79 Å². The summed E-state index contributed by atoms with van der Waals surface area (Å²) >= 11 is 9.23. The van der Waals surface area contributed by atoms with Gasteiger partial charge in [-0.2, -0.15) is 0 Å². The zero-order chi connectivity index (χ0) is 15.4. The maximum Gasteiger partial charge on any atom is 0.257 e. The Hall–Kier alpha value is -1.66. The molecule has 0 bridgehead atoms. The summed E-state index contributed by atoms with van der Waals surface area (Å²) in [6.45, 7) is 2.60. The molecule has 1 heterocycles. The number of carbonyl (C=O) groups excluding carboxylic acids is 1. The number of anilines is 2. The van der Waals surface area contributed by atoms with Crippen molar-refractivity contribution >= 4 is 44.9 Å². The van der Waals surface area contributed by atoms with E-state index in [9.17, 15) is 9.18 Å². The number of aromatic nitrogens is 1. The minimum Gasteiger partial charge on any atom is -0.369 e. The third-order valence-electron chi connectivity index (χ3n) is 2.63. The van der Waals surface area contributed by atoms with Crippen molar-refractivity contribution < 1.29 is 9.18 Å². The fourth-order valence-corrected chi connectivity index (χ4v) is 2.33. The van der Waals surface area contributed by atoms with Gasteiger partial charge in [-0.15, -0.1) is 0 Å². The van der Waals surface area contributed by atoms with E-state index in [1.54, 1.807) is 0 Å². The van der Waals surface area contributed by atoms with Crippen LogP contribution >= 0.6 is 27.5 Å². The normalized spacial score (nSPS) is 10.3. The predicted molar refractivity (Wildman–Crippen MR) is 85.5 cm³/mol. The van der Waals surface area contributed by atoms with Crippen LogP contribution in [0.2, 0.25) is 5.02 Å². The average molecular weight is 373 g/mol. The van der Waals surface area contributed by atoms with Gasteiger partial charge in [-0.25, -0.2) is 9.37 Å². The first-order valence-corrected chi connectivity index (χ1v) is 7.34. The van der Waals surface area contributed by atoms with Gasteiger partial charge in [0.25, 0.3) is 5.91 Å². The van der Waals surface area contributed by atoms with Crippen molar-refractivity contribution in [3.05, 3.63) is 51.3 Å². The average Bonchev–Trinajstić information content (AvgIpc) is 2.44. The first-order chi connectivity index (χ1) is 10.0. The molecule has 0 aliphatic rings. The standard InChI is InChI=1S/C14H12BrClFN3O/c1-2-18-13-11(16)5-8(7-19-13)14(21)20-12-4-3-9(17)6-10(12)15/h3-7H,2H2,1H3,(H,18,19)(H,20,21). The van der Waals surface area contributed by atoms with Gasteiger partial charge in [-0.05, 0) is 47.1 Å².